The summed E-state index contributed by atoms with van der Waals surface area (Å²) in [6.07, 6.45) is 8.85. The molecule has 2 aromatic rings. The number of nitrogens with zero attached hydrogens (tertiary/aromatic N) is 1. The molecule has 2 saturated carbocycles. The van der Waals surface area contributed by atoms with E-state index in [0.717, 1.165) is 12.5 Å². The van der Waals surface area contributed by atoms with E-state index in [0.29, 0.717) is 6.04 Å². The van der Waals surface area contributed by atoms with Gasteiger partial charge in [-0.05, 0) is 98.6 Å². The Hall–Kier alpha value is -1.84. The normalized spacial score (nSPS) is 35.9. The number of rotatable bonds is 4. The molecule has 3 nitrogen and oxygen atoms in total. The van der Waals surface area contributed by atoms with Gasteiger partial charge in [0, 0.05) is 23.7 Å². The van der Waals surface area contributed by atoms with E-state index in [-0.39, 0.29) is 22.0 Å². The molecule has 3 aliphatic carbocycles. The van der Waals surface area contributed by atoms with E-state index in [1.165, 1.54) is 74.8 Å². The maximum Gasteiger partial charge on any atom is 0.0939 e. The van der Waals surface area contributed by atoms with Gasteiger partial charge in [0.15, 0.2) is 0 Å². The summed E-state index contributed by atoms with van der Waals surface area (Å²) >= 11 is 0. The van der Waals surface area contributed by atoms with Crippen molar-refractivity contribution in [1.29, 1.82) is 0 Å². The van der Waals surface area contributed by atoms with Crippen LogP contribution in [0.1, 0.15) is 81.5 Å². The zero-order chi connectivity index (χ0) is 24.1. The summed E-state index contributed by atoms with van der Waals surface area (Å²) in [4.78, 5) is 2.86. The van der Waals surface area contributed by atoms with Crippen LogP contribution in [0, 0.1) is 12.8 Å². The topological polar surface area (TPSA) is 24.5 Å². The number of hydrogen-bond donors (Lipinski definition) is 1. The molecule has 4 atom stereocenters. The Kier molecular flexibility index (Phi) is 4.70. The minimum absolute atomic E-state index is 0.0134. The Labute approximate surface area is 211 Å². The predicted molar refractivity (Wildman–Crippen MR) is 143 cm³/mol. The lowest BCUT2D eigenvalue weighted by Gasteiger charge is -2.72. The van der Waals surface area contributed by atoms with Crippen molar-refractivity contribution in [3.05, 3.63) is 64.7 Å². The van der Waals surface area contributed by atoms with Gasteiger partial charge in [-0.1, -0.05) is 56.7 Å². The lowest BCUT2D eigenvalue weighted by atomic mass is 9.45. The Balaban J connectivity index is 1.26. The molecule has 0 aromatic heterocycles. The predicted octanol–water partition coefficient (Wildman–Crippen LogP) is 6.37. The van der Waals surface area contributed by atoms with Crippen molar-refractivity contribution in [2.24, 2.45) is 5.92 Å². The molecule has 3 saturated heterocycles. The molecule has 4 bridgehead atoms. The van der Waals surface area contributed by atoms with E-state index in [1.54, 1.807) is 11.1 Å². The quantitative estimate of drug-likeness (QED) is 0.561. The summed E-state index contributed by atoms with van der Waals surface area (Å²) in [7, 11) is 0. The SMILES string of the molecule is Cc1ccc2c(c1)[C@]13CCN(CC4CC4)[C@H](C2)[C@]12CC[C@@](Nc1ccc(C(C)(C)C)cc1)(CO2)C3. The molecule has 1 N–H and O–H groups in total. The summed E-state index contributed by atoms with van der Waals surface area (Å²) in [5, 5.41) is 4.05. The number of benzene rings is 2. The summed E-state index contributed by atoms with van der Waals surface area (Å²) in [6, 6.07) is 17.0. The zero-order valence-electron chi connectivity index (χ0n) is 22.1. The van der Waals surface area contributed by atoms with Crippen LogP contribution in [0.2, 0.25) is 0 Å². The third-order valence-corrected chi connectivity index (χ3v) is 10.4. The number of aryl methyl sites for hydroxylation is 1. The van der Waals surface area contributed by atoms with Crippen LogP contribution in [0.25, 0.3) is 0 Å². The average molecular weight is 471 g/mol. The maximum absolute atomic E-state index is 7.20. The fourth-order valence-electron chi connectivity index (χ4n) is 8.37. The van der Waals surface area contributed by atoms with Gasteiger partial charge in [-0.2, -0.15) is 0 Å². The summed E-state index contributed by atoms with van der Waals surface area (Å²) in [5.74, 6) is 0.933. The molecule has 3 heteroatoms. The lowest BCUT2D eigenvalue weighted by molar-refractivity contribution is -0.254. The van der Waals surface area contributed by atoms with Gasteiger partial charge in [0.1, 0.15) is 0 Å². The van der Waals surface area contributed by atoms with Gasteiger partial charge in [-0.15, -0.1) is 0 Å². The number of anilines is 1. The first-order valence-corrected chi connectivity index (χ1v) is 14.1. The largest absolute Gasteiger partial charge is 0.377 e. The summed E-state index contributed by atoms with van der Waals surface area (Å²) in [6.45, 7) is 12.5. The van der Waals surface area contributed by atoms with Crippen LogP contribution in [0.5, 0.6) is 0 Å². The van der Waals surface area contributed by atoms with E-state index < -0.39 is 0 Å². The fourth-order valence-corrected chi connectivity index (χ4v) is 8.37. The highest BCUT2D eigenvalue weighted by atomic mass is 16.5. The fraction of sp³-hybridized carbons (Fsp3) is 0.625. The van der Waals surface area contributed by atoms with Crippen LogP contribution >= 0.6 is 0 Å². The summed E-state index contributed by atoms with van der Waals surface area (Å²) in [5.41, 5.74) is 7.56. The average Bonchev–Trinajstić information content (AvgIpc) is 3.65. The number of piperidine rings is 1. The Morgan fingerprint density at radius 2 is 1.83 bits per heavy atom. The first-order chi connectivity index (χ1) is 16.7. The molecule has 8 rings (SSSR count). The number of likely N-dealkylation sites (tertiary alicyclic amines) is 1. The first-order valence-electron chi connectivity index (χ1n) is 14.1. The molecule has 0 unspecified atom stereocenters. The van der Waals surface area contributed by atoms with Crippen LogP contribution in [-0.2, 0) is 22.0 Å². The number of fused-ring (bicyclic) bond motifs is 3. The molecule has 1 spiro atoms. The van der Waals surface area contributed by atoms with Crippen LogP contribution in [0.15, 0.2) is 42.5 Å². The van der Waals surface area contributed by atoms with E-state index >= 15 is 0 Å². The minimum Gasteiger partial charge on any atom is -0.377 e. The standard InChI is InChI=1S/C32H42N2O/c1-22-5-8-24-18-28-32-14-13-30(21-35-32,33-26-11-9-25(10-12-26)29(2,3)4)20-31(32,27(24)17-22)15-16-34(28)19-23-6-7-23/h5,8-12,17,23,28,33H,6-7,13-16,18-21H2,1-4H3/t28-,30+,31-,32-/m1/s1. The van der Waals surface area contributed by atoms with E-state index in [1.807, 2.05) is 0 Å². The molecule has 3 aliphatic heterocycles. The van der Waals surface area contributed by atoms with Crippen LogP contribution in [-0.4, -0.2) is 41.8 Å². The smallest absolute Gasteiger partial charge is 0.0939 e. The van der Waals surface area contributed by atoms with Crippen molar-refractivity contribution in [2.45, 2.75) is 101 Å². The highest BCUT2D eigenvalue weighted by Crippen LogP contribution is 2.65. The monoisotopic (exact) mass is 470 g/mol. The molecule has 6 aliphatic rings. The molecule has 186 valence electrons. The minimum atomic E-state index is -0.0134. The second kappa shape index (κ2) is 7.35. The van der Waals surface area contributed by atoms with E-state index in [4.69, 9.17) is 4.74 Å². The van der Waals surface area contributed by atoms with Crippen molar-refractivity contribution < 1.29 is 4.74 Å². The van der Waals surface area contributed by atoms with Crippen LogP contribution in [0.4, 0.5) is 5.69 Å². The van der Waals surface area contributed by atoms with Crippen molar-refractivity contribution in [3.8, 4) is 0 Å². The molecule has 2 aromatic carbocycles. The van der Waals surface area contributed by atoms with E-state index in [9.17, 15) is 0 Å². The molecule has 0 radical (unpaired) electrons. The van der Waals surface area contributed by atoms with Gasteiger partial charge in [-0.3, -0.25) is 4.90 Å². The molecular weight excluding hydrogens is 428 g/mol. The maximum atomic E-state index is 7.20. The molecule has 35 heavy (non-hydrogen) atoms. The molecule has 5 fully saturated rings. The molecule has 3 heterocycles. The van der Waals surface area contributed by atoms with E-state index in [2.05, 4.69) is 80.4 Å². The number of nitrogens with one attached hydrogen (secondary N) is 1. The summed E-state index contributed by atoms with van der Waals surface area (Å²) < 4.78 is 7.20. The third-order valence-electron chi connectivity index (χ3n) is 10.4. The van der Waals surface area contributed by atoms with Crippen molar-refractivity contribution in [2.75, 3.05) is 25.0 Å². The Bertz CT molecular complexity index is 1130. The van der Waals surface area contributed by atoms with Crippen LogP contribution in [0.3, 0.4) is 0 Å². The zero-order valence-corrected chi connectivity index (χ0v) is 22.1. The first kappa shape index (κ1) is 22.4. The second-order valence-corrected chi connectivity index (χ2v) is 13.7. The van der Waals surface area contributed by atoms with Gasteiger partial charge in [0.25, 0.3) is 0 Å². The van der Waals surface area contributed by atoms with Gasteiger partial charge in [-0.25, -0.2) is 0 Å². The Morgan fingerprint density at radius 1 is 1.03 bits per heavy atom. The number of hydrogen-bond acceptors (Lipinski definition) is 3. The van der Waals surface area contributed by atoms with Gasteiger partial charge < -0.3 is 10.1 Å². The second-order valence-electron chi connectivity index (χ2n) is 13.7. The lowest BCUT2D eigenvalue weighted by Crippen LogP contribution is -2.80. The molecular formula is C32H42N2O. The third kappa shape index (κ3) is 3.30. The van der Waals surface area contributed by atoms with Gasteiger partial charge in [0.05, 0.1) is 17.7 Å². The van der Waals surface area contributed by atoms with Crippen molar-refractivity contribution >= 4 is 5.69 Å². The van der Waals surface area contributed by atoms with Gasteiger partial charge >= 0.3 is 0 Å². The van der Waals surface area contributed by atoms with Crippen LogP contribution < -0.4 is 5.32 Å². The highest BCUT2D eigenvalue weighted by Gasteiger charge is 2.71. The highest BCUT2D eigenvalue weighted by molar-refractivity contribution is 5.53. The van der Waals surface area contributed by atoms with Crippen molar-refractivity contribution in [1.82, 2.24) is 4.90 Å². The van der Waals surface area contributed by atoms with Gasteiger partial charge in [0.2, 0.25) is 0 Å². The number of ether oxygens (including phenoxy) is 1. The molecule has 0 amide bonds. The van der Waals surface area contributed by atoms with Crippen molar-refractivity contribution in [3.63, 3.8) is 0 Å². The Morgan fingerprint density at radius 3 is 2.51 bits per heavy atom.